The molecule has 4 rings (SSSR count). The highest BCUT2D eigenvalue weighted by Gasteiger charge is 2.34. The number of nitrogens with one attached hydrogen (secondary N) is 2. The van der Waals surface area contributed by atoms with Gasteiger partial charge in [0.15, 0.2) is 5.76 Å². The molecule has 8 nitrogen and oxygen atoms in total. The van der Waals surface area contributed by atoms with Gasteiger partial charge in [-0.15, -0.1) is 0 Å². The minimum Gasteiger partial charge on any atom is -0.497 e. The Bertz CT molecular complexity index is 1160. The van der Waals surface area contributed by atoms with Gasteiger partial charge in [-0.3, -0.25) is 19.3 Å². The minimum atomic E-state index is -0.961. The average Bonchev–Trinajstić information content (AvgIpc) is 3.46. The summed E-state index contributed by atoms with van der Waals surface area (Å²) in [5.41, 5.74) is 1.15. The molecule has 1 aliphatic carbocycles. The Labute approximate surface area is 210 Å². The van der Waals surface area contributed by atoms with Crippen LogP contribution in [0.25, 0.3) is 0 Å². The van der Waals surface area contributed by atoms with Gasteiger partial charge in [0, 0.05) is 11.7 Å². The van der Waals surface area contributed by atoms with Crippen molar-refractivity contribution in [1.82, 2.24) is 10.6 Å². The Morgan fingerprint density at radius 3 is 2.47 bits per heavy atom. The van der Waals surface area contributed by atoms with Crippen LogP contribution in [-0.2, 0) is 9.59 Å². The number of ether oxygens (including phenoxy) is 1. The van der Waals surface area contributed by atoms with Crippen molar-refractivity contribution in [3.8, 4) is 5.75 Å². The lowest BCUT2D eigenvalue weighted by molar-refractivity contribution is -0.127. The molecular weight excluding hydrogens is 458 g/mol. The number of carbonyl (C=O) groups is 3. The third-order valence-corrected chi connectivity index (χ3v) is 6.32. The van der Waals surface area contributed by atoms with Crippen LogP contribution in [0.2, 0.25) is 0 Å². The summed E-state index contributed by atoms with van der Waals surface area (Å²) in [6, 6.07) is 18.4. The van der Waals surface area contributed by atoms with Crippen molar-refractivity contribution in [3.05, 3.63) is 84.3 Å². The summed E-state index contributed by atoms with van der Waals surface area (Å²) in [7, 11) is 1.56. The largest absolute Gasteiger partial charge is 0.497 e. The van der Waals surface area contributed by atoms with Gasteiger partial charge in [-0.1, -0.05) is 49.6 Å². The van der Waals surface area contributed by atoms with Crippen LogP contribution in [0.5, 0.6) is 5.75 Å². The van der Waals surface area contributed by atoms with E-state index >= 15 is 0 Å². The quantitative estimate of drug-likeness (QED) is 0.468. The summed E-state index contributed by atoms with van der Waals surface area (Å²) in [6.45, 7) is -0.314. The van der Waals surface area contributed by atoms with E-state index < -0.39 is 17.9 Å². The third kappa shape index (κ3) is 6.13. The van der Waals surface area contributed by atoms with Crippen molar-refractivity contribution >= 4 is 23.4 Å². The maximum absolute atomic E-state index is 13.8. The Hall–Kier alpha value is -4.07. The predicted octanol–water partition coefficient (Wildman–Crippen LogP) is 4.24. The van der Waals surface area contributed by atoms with Crippen LogP contribution < -0.4 is 20.3 Å². The number of methoxy groups -OCH3 is 1. The molecule has 1 unspecified atom stereocenters. The molecule has 1 atom stereocenters. The van der Waals surface area contributed by atoms with Crippen molar-refractivity contribution in [2.24, 2.45) is 0 Å². The number of hydrogen-bond donors (Lipinski definition) is 2. The Balaban J connectivity index is 1.67. The molecule has 0 radical (unpaired) electrons. The highest BCUT2D eigenvalue weighted by atomic mass is 16.5. The van der Waals surface area contributed by atoms with Crippen LogP contribution in [0.3, 0.4) is 0 Å². The number of furan rings is 1. The zero-order valence-corrected chi connectivity index (χ0v) is 20.3. The lowest BCUT2D eigenvalue weighted by Gasteiger charge is -2.33. The molecule has 1 aliphatic rings. The maximum atomic E-state index is 13.8. The first-order valence-electron chi connectivity index (χ1n) is 12.2. The second-order valence-corrected chi connectivity index (χ2v) is 8.78. The van der Waals surface area contributed by atoms with Gasteiger partial charge in [-0.2, -0.15) is 0 Å². The fraction of sp³-hybridized carbons (Fsp3) is 0.321. The van der Waals surface area contributed by atoms with E-state index in [1.54, 1.807) is 61.7 Å². The molecule has 1 saturated carbocycles. The van der Waals surface area contributed by atoms with Crippen molar-refractivity contribution in [2.75, 3.05) is 18.6 Å². The molecule has 1 aromatic heterocycles. The van der Waals surface area contributed by atoms with E-state index in [4.69, 9.17) is 9.15 Å². The predicted molar refractivity (Wildman–Crippen MR) is 136 cm³/mol. The summed E-state index contributed by atoms with van der Waals surface area (Å²) in [5.74, 6) is -0.536. The summed E-state index contributed by atoms with van der Waals surface area (Å²) in [5, 5.41) is 5.78. The van der Waals surface area contributed by atoms with Crippen LogP contribution in [0.4, 0.5) is 5.69 Å². The maximum Gasteiger partial charge on any atom is 0.287 e. The van der Waals surface area contributed by atoms with Crippen LogP contribution in [0.1, 0.15) is 54.3 Å². The molecule has 188 valence electrons. The molecule has 0 spiro atoms. The van der Waals surface area contributed by atoms with Crippen LogP contribution >= 0.6 is 0 Å². The number of benzene rings is 2. The molecule has 8 heteroatoms. The highest BCUT2D eigenvalue weighted by Crippen LogP contribution is 2.30. The van der Waals surface area contributed by atoms with E-state index in [9.17, 15) is 14.4 Å². The number of carbonyl (C=O) groups excluding carboxylic acids is 3. The zero-order valence-electron chi connectivity index (χ0n) is 20.3. The minimum absolute atomic E-state index is 0.0609. The molecule has 0 aliphatic heterocycles. The fourth-order valence-corrected chi connectivity index (χ4v) is 4.52. The molecule has 1 heterocycles. The Morgan fingerprint density at radius 1 is 1.00 bits per heavy atom. The Morgan fingerprint density at radius 2 is 1.78 bits per heavy atom. The molecule has 2 N–H and O–H groups in total. The number of para-hydroxylation sites is 1. The molecule has 0 saturated heterocycles. The number of hydrogen-bond acceptors (Lipinski definition) is 5. The van der Waals surface area contributed by atoms with E-state index in [1.807, 2.05) is 6.07 Å². The first kappa shape index (κ1) is 25.0. The van der Waals surface area contributed by atoms with E-state index in [-0.39, 0.29) is 24.3 Å². The summed E-state index contributed by atoms with van der Waals surface area (Å²) >= 11 is 0. The van der Waals surface area contributed by atoms with E-state index in [2.05, 4.69) is 10.6 Å². The van der Waals surface area contributed by atoms with E-state index in [0.717, 1.165) is 32.1 Å². The zero-order chi connectivity index (χ0) is 25.3. The summed E-state index contributed by atoms with van der Waals surface area (Å²) < 4.78 is 10.5. The van der Waals surface area contributed by atoms with Gasteiger partial charge in [0.25, 0.3) is 5.91 Å². The number of anilines is 1. The average molecular weight is 490 g/mol. The van der Waals surface area contributed by atoms with Gasteiger partial charge in [0.2, 0.25) is 11.8 Å². The lowest BCUT2D eigenvalue weighted by atomic mass is 9.94. The van der Waals surface area contributed by atoms with Gasteiger partial charge in [0.05, 0.1) is 19.9 Å². The molecule has 36 heavy (non-hydrogen) atoms. The van der Waals surface area contributed by atoms with Crippen molar-refractivity contribution < 1.29 is 23.5 Å². The van der Waals surface area contributed by atoms with Gasteiger partial charge >= 0.3 is 0 Å². The summed E-state index contributed by atoms with van der Waals surface area (Å²) in [6.07, 6.45) is 6.51. The van der Waals surface area contributed by atoms with Crippen LogP contribution in [-0.4, -0.2) is 37.4 Å². The summed E-state index contributed by atoms with van der Waals surface area (Å²) in [4.78, 5) is 41.3. The standard InChI is InChI=1S/C28H31N3O5/c1-35-23-15-8-10-20(18-23)26(28(34)30-21-11-4-2-5-12-21)31(22-13-6-3-7-14-22)25(32)19-29-27(33)24-16-9-17-36-24/h3,6-10,13-18,21,26H,2,4-5,11-12,19H2,1H3,(H,29,33)(H,30,34). The highest BCUT2D eigenvalue weighted by molar-refractivity contribution is 6.04. The number of rotatable bonds is 9. The van der Waals surface area contributed by atoms with E-state index in [0.29, 0.717) is 17.0 Å². The van der Waals surface area contributed by atoms with Crippen LogP contribution in [0, 0.1) is 0 Å². The molecule has 1 fully saturated rings. The number of amides is 3. The molecular formula is C28H31N3O5. The SMILES string of the molecule is COc1cccc(C(C(=O)NC2CCCCC2)N(C(=O)CNC(=O)c2ccco2)c2ccccc2)c1. The van der Waals surface area contributed by atoms with Gasteiger partial charge < -0.3 is 19.8 Å². The van der Waals surface area contributed by atoms with Gasteiger partial charge in [-0.25, -0.2) is 0 Å². The monoisotopic (exact) mass is 489 g/mol. The lowest BCUT2D eigenvalue weighted by Crippen LogP contribution is -2.49. The number of nitrogens with zero attached hydrogens (tertiary/aromatic N) is 1. The van der Waals surface area contributed by atoms with Crippen molar-refractivity contribution in [1.29, 1.82) is 0 Å². The van der Waals surface area contributed by atoms with Gasteiger partial charge in [-0.05, 0) is 54.8 Å². The first-order chi connectivity index (χ1) is 17.6. The van der Waals surface area contributed by atoms with Gasteiger partial charge in [0.1, 0.15) is 11.8 Å². The molecule has 0 bridgehead atoms. The van der Waals surface area contributed by atoms with E-state index in [1.165, 1.54) is 17.2 Å². The second kappa shape index (κ2) is 12.1. The Kier molecular flexibility index (Phi) is 8.39. The smallest absolute Gasteiger partial charge is 0.287 e. The fourth-order valence-electron chi connectivity index (χ4n) is 4.52. The molecule has 3 aromatic rings. The van der Waals surface area contributed by atoms with Crippen molar-refractivity contribution in [3.63, 3.8) is 0 Å². The second-order valence-electron chi connectivity index (χ2n) is 8.78. The van der Waals surface area contributed by atoms with Crippen molar-refractivity contribution in [2.45, 2.75) is 44.2 Å². The first-order valence-corrected chi connectivity index (χ1v) is 12.2. The topological polar surface area (TPSA) is 101 Å². The molecule has 3 amide bonds. The molecule has 2 aromatic carbocycles. The van der Waals surface area contributed by atoms with Crippen LogP contribution in [0.15, 0.2) is 77.4 Å². The normalized spacial score (nSPS) is 14.5. The third-order valence-electron chi connectivity index (χ3n) is 6.32.